The van der Waals surface area contributed by atoms with Crippen LogP contribution in [-0.2, 0) is 4.74 Å². The van der Waals surface area contributed by atoms with Crippen molar-refractivity contribution in [3.8, 4) is 0 Å². The molecule has 0 aliphatic carbocycles. The van der Waals surface area contributed by atoms with Crippen molar-refractivity contribution in [1.29, 1.82) is 0 Å². The van der Waals surface area contributed by atoms with Crippen molar-refractivity contribution >= 4 is 5.96 Å². The molecule has 0 amide bonds. The van der Waals surface area contributed by atoms with E-state index in [-0.39, 0.29) is 11.5 Å². The van der Waals surface area contributed by atoms with E-state index < -0.39 is 0 Å². The summed E-state index contributed by atoms with van der Waals surface area (Å²) >= 11 is 0. The Morgan fingerprint density at radius 1 is 1.23 bits per heavy atom. The maximum absolute atomic E-state index is 5.56. The van der Waals surface area contributed by atoms with E-state index in [9.17, 15) is 0 Å². The Morgan fingerprint density at radius 3 is 2.32 bits per heavy atom. The molecule has 0 rings (SSSR count). The fraction of sp³-hybridized carbons (Fsp3) is 0.941. The van der Waals surface area contributed by atoms with Gasteiger partial charge in [0, 0.05) is 32.8 Å². The Labute approximate surface area is 137 Å². The van der Waals surface area contributed by atoms with Gasteiger partial charge in [-0.2, -0.15) is 0 Å². The molecule has 0 aliphatic heterocycles. The molecule has 0 saturated carbocycles. The first-order valence-corrected chi connectivity index (χ1v) is 8.51. The van der Waals surface area contributed by atoms with E-state index in [1.54, 1.807) is 7.11 Å². The summed E-state index contributed by atoms with van der Waals surface area (Å²) in [6.45, 7) is 16.5. The molecule has 5 heteroatoms. The van der Waals surface area contributed by atoms with E-state index in [0.717, 1.165) is 25.6 Å². The van der Waals surface area contributed by atoms with Crippen molar-refractivity contribution in [2.24, 2.45) is 10.4 Å². The molecule has 2 atom stereocenters. The van der Waals surface area contributed by atoms with E-state index in [0.29, 0.717) is 12.6 Å². The third-order valence-electron chi connectivity index (χ3n) is 4.11. The van der Waals surface area contributed by atoms with Gasteiger partial charge in [-0.1, -0.05) is 27.7 Å². The summed E-state index contributed by atoms with van der Waals surface area (Å²) < 4.78 is 5.56. The lowest BCUT2D eigenvalue weighted by atomic mass is 9.89. The van der Waals surface area contributed by atoms with E-state index >= 15 is 0 Å². The third kappa shape index (κ3) is 8.59. The van der Waals surface area contributed by atoms with Crippen molar-refractivity contribution in [3.63, 3.8) is 0 Å². The maximum atomic E-state index is 5.56. The number of hydrogen-bond acceptors (Lipinski definition) is 3. The summed E-state index contributed by atoms with van der Waals surface area (Å²) in [6, 6.07) is 0.611. The highest BCUT2D eigenvalue weighted by molar-refractivity contribution is 5.79. The standard InChI is InChI=1S/C17H38N4O/c1-9-14(3)21(7)12-11-19-16(18-10-2)20-13-15(22-8)17(4,5)6/h14-15H,9-13H2,1-8H3,(H2,18,19,20). The van der Waals surface area contributed by atoms with E-state index in [1.807, 2.05) is 0 Å². The van der Waals surface area contributed by atoms with Gasteiger partial charge in [0.25, 0.3) is 0 Å². The molecule has 0 aromatic carbocycles. The van der Waals surface area contributed by atoms with Crippen molar-refractivity contribution < 1.29 is 4.74 Å². The minimum atomic E-state index is 0.0896. The van der Waals surface area contributed by atoms with Gasteiger partial charge in [0.1, 0.15) is 0 Å². The predicted molar refractivity (Wildman–Crippen MR) is 96.6 cm³/mol. The van der Waals surface area contributed by atoms with Crippen LogP contribution in [0.15, 0.2) is 4.99 Å². The molecular weight excluding hydrogens is 276 g/mol. The SMILES string of the molecule is CCNC(=NCC(OC)C(C)(C)C)NCCN(C)C(C)CC. The second kappa shape index (κ2) is 10.8. The van der Waals surface area contributed by atoms with Crippen molar-refractivity contribution in [3.05, 3.63) is 0 Å². The molecular formula is C17H38N4O. The van der Waals surface area contributed by atoms with Crippen LogP contribution in [0.4, 0.5) is 0 Å². The molecule has 22 heavy (non-hydrogen) atoms. The molecule has 2 N–H and O–H groups in total. The molecule has 0 fully saturated rings. The number of hydrogen-bond donors (Lipinski definition) is 2. The smallest absolute Gasteiger partial charge is 0.191 e. The average Bonchev–Trinajstić information content (AvgIpc) is 2.45. The number of rotatable bonds is 9. The van der Waals surface area contributed by atoms with Gasteiger partial charge < -0.3 is 20.3 Å². The summed E-state index contributed by atoms with van der Waals surface area (Å²) in [5, 5.41) is 6.70. The van der Waals surface area contributed by atoms with Crippen LogP contribution in [0.1, 0.15) is 48.0 Å². The van der Waals surface area contributed by atoms with Crippen LogP contribution in [0.3, 0.4) is 0 Å². The van der Waals surface area contributed by atoms with E-state index in [4.69, 9.17) is 4.74 Å². The van der Waals surface area contributed by atoms with Crippen LogP contribution >= 0.6 is 0 Å². The second-order valence-corrected chi connectivity index (χ2v) is 6.97. The minimum Gasteiger partial charge on any atom is -0.379 e. The van der Waals surface area contributed by atoms with Gasteiger partial charge in [0.05, 0.1) is 12.6 Å². The highest BCUT2D eigenvalue weighted by atomic mass is 16.5. The number of methoxy groups -OCH3 is 1. The Bertz CT molecular complexity index is 312. The number of ether oxygens (including phenoxy) is 1. The molecule has 5 nitrogen and oxygen atoms in total. The zero-order valence-corrected chi connectivity index (χ0v) is 16.0. The summed E-state index contributed by atoms with van der Waals surface area (Å²) in [6.07, 6.45) is 1.29. The molecule has 0 radical (unpaired) electrons. The zero-order valence-electron chi connectivity index (χ0n) is 16.0. The normalized spacial score (nSPS) is 15.8. The first kappa shape index (κ1) is 21.2. The van der Waals surface area contributed by atoms with Crippen LogP contribution in [-0.4, -0.2) is 63.3 Å². The van der Waals surface area contributed by atoms with E-state index in [1.165, 1.54) is 6.42 Å². The van der Waals surface area contributed by atoms with Gasteiger partial charge in [0.15, 0.2) is 5.96 Å². The minimum absolute atomic E-state index is 0.0896. The van der Waals surface area contributed by atoms with Crippen LogP contribution in [0, 0.1) is 5.41 Å². The summed E-state index contributed by atoms with van der Waals surface area (Å²) in [5.41, 5.74) is 0.0896. The van der Waals surface area contributed by atoms with Crippen LogP contribution in [0.2, 0.25) is 0 Å². The van der Waals surface area contributed by atoms with Crippen LogP contribution < -0.4 is 10.6 Å². The molecule has 0 bridgehead atoms. The Kier molecular flexibility index (Phi) is 10.4. The van der Waals surface area contributed by atoms with Crippen molar-refractivity contribution in [2.75, 3.05) is 40.3 Å². The van der Waals surface area contributed by atoms with Crippen LogP contribution in [0.5, 0.6) is 0 Å². The molecule has 0 aromatic heterocycles. The van der Waals surface area contributed by atoms with Gasteiger partial charge in [-0.05, 0) is 32.7 Å². The first-order valence-electron chi connectivity index (χ1n) is 8.51. The molecule has 0 spiro atoms. The van der Waals surface area contributed by atoms with Gasteiger partial charge in [-0.25, -0.2) is 0 Å². The Balaban J connectivity index is 4.43. The highest BCUT2D eigenvalue weighted by Crippen LogP contribution is 2.21. The topological polar surface area (TPSA) is 48.9 Å². The average molecular weight is 315 g/mol. The lowest BCUT2D eigenvalue weighted by Gasteiger charge is -2.28. The number of likely N-dealkylation sites (N-methyl/N-ethyl adjacent to an activating group) is 1. The Hall–Kier alpha value is -0.810. The largest absolute Gasteiger partial charge is 0.379 e. The zero-order chi connectivity index (χ0) is 17.2. The number of aliphatic imine (C=N–C) groups is 1. The van der Waals surface area contributed by atoms with Crippen molar-refractivity contribution in [1.82, 2.24) is 15.5 Å². The second-order valence-electron chi connectivity index (χ2n) is 6.97. The van der Waals surface area contributed by atoms with Gasteiger partial charge in [-0.3, -0.25) is 4.99 Å². The fourth-order valence-corrected chi connectivity index (χ4v) is 2.10. The van der Waals surface area contributed by atoms with E-state index in [2.05, 4.69) is 69.1 Å². The molecule has 132 valence electrons. The summed E-state index contributed by atoms with van der Waals surface area (Å²) in [7, 11) is 3.92. The fourth-order valence-electron chi connectivity index (χ4n) is 2.10. The number of guanidine groups is 1. The van der Waals surface area contributed by atoms with Gasteiger partial charge >= 0.3 is 0 Å². The third-order valence-corrected chi connectivity index (χ3v) is 4.11. The monoisotopic (exact) mass is 314 g/mol. The first-order chi connectivity index (χ1) is 10.3. The quantitative estimate of drug-likeness (QED) is 0.506. The molecule has 0 aromatic rings. The molecule has 0 heterocycles. The summed E-state index contributed by atoms with van der Waals surface area (Å²) in [5.74, 6) is 0.867. The summed E-state index contributed by atoms with van der Waals surface area (Å²) in [4.78, 5) is 7.03. The van der Waals surface area contributed by atoms with Crippen molar-refractivity contribution in [2.45, 2.75) is 60.1 Å². The maximum Gasteiger partial charge on any atom is 0.191 e. The lowest BCUT2D eigenvalue weighted by Crippen LogP contribution is -2.43. The highest BCUT2D eigenvalue weighted by Gasteiger charge is 2.24. The van der Waals surface area contributed by atoms with Gasteiger partial charge in [-0.15, -0.1) is 0 Å². The Morgan fingerprint density at radius 2 is 1.86 bits per heavy atom. The lowest BCUT2D eigenvalue weighted by molar-refractivity contribution is 0.0241. The molecule has 0 aliphatic rings. The van der Waals surface area contributed by atoms with Crippen LogP contribution in [0.25, 0.3) is 0 Å². The number of nitrogens with one attached hydrogen (secondary N) is 2. The number of nitrogens with zero attached hydrogens (tertiary/aromatic N) is 2. The predicted octanol–water partition coefficient (Wildman–Crippen LogP) is 2.33. The molecule has 2 unspecified atom stereocenters. The van der Waals surface area contributed by atoms with Gasteiger partial charge in [0.2, 0.25) is 0 Å². The molecule has 0 saturated heterocycles.